The Hall–Kier alpha value is -2.39. The number of benzene rings is 2. The van der Waals surface area contributed by atoms with Gasteiger partial charge in [0, 0.05) is 23.3 Å². The lowest BCUT2D eigenvalue weighted by Gasteiger charge is -2.24. The van der Waals surface area contributed by atoms with Gasteiger partial charge in [-0.15, -0.1) is 11.8 Å². The Kier molecular flexibility index (Phi) is 6.00. The number of thioether (sulfide) groups is 1. The molecule has 0 saturated carbocycles. The smallest absolute Gasteiger partial charge is 0.255 e. The zero-order valence-electron chi connectivity index (χ0n) is 16.2. The topological polar surface area (TPSA) is 83.6 Å². The molecule has 1 aliphatic heterocycles. The van der Waals surface area contributed by atoms with E-state index in [1.165, 1.54) is 22.7 Å². The molecule has 3 rings (SSSR count). The summed E-state index contributed by atoms with van der Waals surface area (Å²) in [6, 6.07) is 8.09. The molecule has 2 aromatic carbocycles. The zero-order valence-corrected chi connectivity index (χ0v) is 17.9. The molecular weight excluding hydrogens is 415 g/mol. The van der Waals surface area contributed by atoms with E-state index in [1.54, 1.807) is 6.07 Å². The Balaban J connectivity index is 1.84. The molecule has 0 radical (unpaired) electrons. The zero-order chi connectivity index (χ0) is 21.3. The van der Waals surface area contributed by atoms with Crippen molar-refractivity contribution >= 4 is 39.1 Å². The molecule has 0 aliphatic carbocycles. The van der Waals surface area contributed by atoms with Crippen LogP contribution in [-0.2, 0) is 14.6 Å². The molecule has 2 aromatic rings. The first-order valence-electron chi connectivity index (χ1n) is 8.85. The van der Waals surface area contributed by atoms with Crippen LogP contribution in [0.1, 0.15) is 21.5 Å². The van der Waals surface area contributed by atoms with E-state index in [9.17, 15) is 22.4 Å². The average Bonchev–Trinajstić information content (AvgIpc) is 3.14. The molecule has 1 fully saturated rings. The number of hydrogen-bond acceptors (Lipinski definition) is 5. The summed E-state index contributed by atoms with van der Waals surface area (Å²) >= 11 is 1.42. The lowest BCUT2D eigenvalue weighted by molar-refractivity contribution is -0.119. The minimum Gasteiger partial charge on any atom is -0.324 e. The van der Waals surface area contributed by atoms with Crippen LogP contribution in [0.25, 0.3) is 0 Å². The number of amides is 2. The van der Waals surface area contributed by atoms with Crippen LogP contribution in [0.2, 0.25) is 0 Å². The highest BCUT2D eigenvalue weighted by Gasteiger charge is 2.35. The molecular formula is C20H21FN2O4S2. The molecule has 1 heterocycles. The summed E-state index contributed by atoms with van der Waals surface area (Å²) in [6.07, 6.45) is 0.881. The van der Waals surface area contributed by atoms with Gasteiger partial charge in [0.2, 0.25) is 5.91 Å². The van der Waals surface area contributed by atoms with Crippen molar-refractivity contribution in [2.75, 3.05) is 23.2 Å². The quantitative estimate of drug-likeness (QED) is 0.797. The first kappa shape index (κ1) is 21.3. The van der Waals surface area contributed by atoms with E-state index in [-0.39, 0.29) is 17.3 Å². The van der Waals surface area contributed by atoms with Crippen molar-refractivity contribution in [1.29, 1.82) is 0 Å². The van der Waals surface area contributed by atoms with Crippen molar-refractivity contribution in [1.82, 2.24) is 4.90 Å². The van der Waals surface area contributed by atoms with Gasteiger partial charge in [0.05, 0.1) is 5.88 Å². The lowest BCUT2D eigenvalue weighted by Crippen LogP contribution is -2.44. The van der Waals surface area contributed by atoms with Crippen LogP contribution in [0.3, 0.4) is 0 Å². The third-order valence-electron chi connectivity index (χ3n) is 4.89. The maximum absolute atomic E-state index is 13.9. The molecule has 0 aromatic heterocycles. The Labute approximate surface area is 173 Å². The van der Waals surface area contributed by atoms with Crippen molar-refractivity contribution in [3.8, 4) is 0 Å². The summed E-state index contributed by atoms with van der Waals surface area (Å²) < 4.78 is 37.4. The first-order chi connectivity index (χ1) is 13.6. The standard InChI is InChI=1S/C20H21FN2O4S2/c1-12-5-4-6-16(13(12)2)22-19(24)17-10-28-11-23(17)20(25)14-7-8-15(21)18(9-14)29(3,26)27/h4-9,17H,10-11H2,1-3H3,(H,22,24)/t17-/m1/s1. The van der Waals surface area contributed by atoms with Crippen molar-refractivity contribution in [3.63, 3.8) is 0 Å². The SMILES string of the molecule is Cc1cccc(NC(=O)[C@H]2CSCN2C(=O)c2ccc(F)c(S(C)(=O)=O)c2)c1C. The maximum Gasteiger partial charge on any atom is 0.255 e. The minimum absolute atomic E-state index is 0.0267. The van der Waals surface area contributed by atoms with E-state index in [0.29, 0.717) is 11.4 Å². The van der Waals surface area contributed by atoms with Gasteiger partial charge in [0.25, 0.3) is 5.91 Å². The summed E-state index contributed by atoms with van der Waals surface area (Å²) in [5.41, 5.74) is 2.69. The first-order valence-corrected chi connectivity index (χ1v) is 11.9. The van der Waals surface area contributed by atoms with Gasteiger partial charge in [0.1, 0.15) is 16.8 Å². The Morgan fingerprint density at radius 1 is 1.21 bits per heavy atom. The fourth-order valence-corrected chi connectivity index (χ4v) is 4.97. The van der Waals surface area contributed by atoms with Crippen LogP contribution in [0.4, 0.5) is 10.1 Å². The molecule has 1 saturated heterocycles. The average molecular weight is 437 g/mol. The van der Waals surface area contributed by atoms with Crippen LogP contribution in [-0.4, -0.2) is 49.1 Å². The molecule has 6 nitrogen and oxygen atoms in total. The predicted octanol–water partition coefficient (Wildman–Crippen LogP) is 3.00. The minimum atomic E-state index is -3.82. The number of carbonyl (C=O) groups excluding carboxylic acids is 2. The number of halogens is 1. The number of anilines is 1. The highest BCUT2D eigenvalue weighted by atomic mass is 32.2. The van der Waals surface area contributed by atoms with E-state index in [2.05, 4.69) is 5.32 Å². The number of carbonyl (C=O) groups is 2. The summed E-state index contributed by atoms with van der Waals surface area (Å²) in [5.74, 6) is -1.04. The molecule has 0 unspecified atom stereocenters. The van der Waals surface area contributed by atoms with E-state index in [1.807, 2.05) is 26.0 Å². The van der Waals surface area contributed by atoms with E-state index in [0.717, 1.165) is 29.5 Å². The van der Waals surface area contributed by atoms with Gasteiger partial charge in [-0.25, -0.2) is 12.8 Å². The number of aryl methyl sites for hydroxylation is 1. The van der Waals surface area contributed by atoms with Gasteiger partial charge >= 0.3 is 0 Å². The number of nitrogens with zero attached hydrogens (tertiary/aromatic N) is 1. The van der Waals surface area contributed by atoms with E-state index >= 15 is 0 Å². The van der Waals surface area contributed by atoms with Crippen molar-refractivity contribution in [2.45, 2.75) is 24.8 Å². The molecule has 1 N–H and O–H groups in total. The number of rotatable bonds is 4. The van der Waals surface area contributed by atoms with E-state index in [4.69, 9.17) is 0 Å². The van der Waals surface area contributed by atoms with Gasteiger partial charge in [-0.2, -0.15) is 0 Å². The third-order valence-corrected chi connectivity index (χ3v) is 7.01. The Bertz CT molecular complexity index is 1090. The van der Waals surface area contributed by atoms with Crippen LogP contribution in [0, 0.1) is 19.7 Å². The van der Waals surface area contributed by atoms with Crippen LogP contribution >= 0.6 is 11.8 Å². The van der Waals surface area contributed by atoms with Gasteiger partial charge < -0.3 is 10.2 Å². The van der Waals surface area contributed by atoms with Crippen LogP contribution < -0.4 is 5.32 Å². The number of nitrogens with one attached hydrogen (secondary N) is 1. The van der Waals surface area contributed by atoms with Crippen LogP contribution in [0.15, 0.2) is 41.3 Å². The molecule has 0 bridgehead atoms. The Morgan fingerprint density at radius 2 is 1.93 bits per heavy atom. The Morgan fingerprint density at radius 3 is 2.62 bits per heavy atom. The molecule has 1 atom stereocenters. The van der Waals surface area contributed by atoms with Crippen molar-refractivity contribution in [3.05, 3.63) is 58.9 Å². The van der Waals surface area contributed by atoms with Gasteiger partial charge in [-0.1, -0.05) is 12.1 Å². The highest BCUT2D eigenvalue weighted by Crippen LogP contribution is 2.27. The van der Waals surface area contributed by atoms with Gasteiger partial charge in [-0.3, -0.25) is 9.59 Å². The highest BCUT2D eigenvalue weighted by molar-refractivity contribution is 7.99. The number of hydrogen-bond donors (Lipinski definition) is 1. The van der Waals surface area contributed by atoms with Crippen molar-refractivity contribution < 1.29 is 22.4 Å². The normalized spacial score (nSPS) is 16.7. The van der Waals surface area contributed by atoms with Crippen molar-refractivity contribution in [2.24, 2.45) is 0 Å². The second-order valence-corrected chi connectivity index (χ2v) is 9.93. The second kappa shape index (κ2) is 8.16. The maximum atomic E-state index is 13.9. The molecule has 154 valence electrons. The second-order valence-electron chi connectivity index (χ2n) is 6.94. The van der Waals surface area contributed by atoms with Gasteiger partial charge in [0.15, 0.2) is 9.84 Å². The molecule has 1 aliphatic rings. The van der Waals surface area contributed by atoms with Crippen LogP contribution in [0.5, 0.6) is 0 Å². The largest absolute Gasteiger partial charge is 0.324 e. The monoisotopic (exact) mass is 436 g/mol. The summed E-state index contributed by atoms with van der Waals surface area (Å²) in [4.78, 5) is 26.6. The lowest BCUT2D eigenvalue weighted by atomic mass is 10.1. The van der Waals surface area contributed by atoms with E-state index < -0.39 is 32.5 Å². The summed E-state index contributed by atoms with van der Waals surface area (Å²) in [5, 5.41) is 2.87. The third kappa shape index (κ3) is 4.45. The molecule has 9 heteroatoms. The number of sulfone groups is 1. The predicted molar refractivity (Wildman–Crippen MR) is 111 cm³/mol. The molecule has 2 amide bonds. The molecule has 0 spiro atoms. The fraction of sp³-hybridized carbons (Fsp3) is 0.300. The summed E-state index contributed by atoms with van der Waals surface area (Å²) in [7, 11) is -3.82. The fourth-order valence-electron chi connectivity index (χ4n) is 3.05. The molecule has 29 heavy (non-hydrogen) atoms. The van der Waals surface area contributed by atoms with Gasteiger partial charge in [-0.05, 0) is 49.2 Å². The summed E-state index contributed by atoms with van der Waals surface area (Å²) in [6.45, 7) is 3.85.